The molecule has 1 amide bonds. The van der Waals surface area contributed by atoms with E-state index in [0.29, 0.717) is 26.4 Å². The highest BCUT2D eigenvalue weighted by molar-refractivity contribution is 6.41. The molecule has 1 aromatic heterocycles. The molecule has 4 nitrogen and oxygen atoms in total. The predicted molar refractivity (Wildman–Crippen MR) is 82.0 cm³/mol. The van der Waals surface area contributed by atoms with Crippen LogP contribution in [0.4, 0.5) is 0 Å². The fourth-order valence-electron chi connectivity index (χ4n) is 1.64. The van der Waals surface area contributed by atoms with Gasteiger partial charge in [-0.15, -0.1) is 0 Å². The predicted octanol–water partition coefficient (Wildman–Crippen LogP) is 4.30. The Morgan fingerprint density at radius 1 is 1.24 bits per heavy atom. The highest BCUT2D eigenvalue weighted by Gasteiger charge is 2.14. The fraction of sp³-hybridized carbons (Fsp3) is 0. The van der Waals surface area contributed by atoms with E-state index in [9.17, 15) is 4.79 Å². The Balaban J connectivity index is 2.47. The standard InChI is InChI=1S/C14H7Cl3N2O2/c15-8-4-10(16)13(11(17)5-8)12-2-1-9(21-12)3-7(6-18)14(19)20/h1-5H,(H2,19,20)/b7-3+. The summed E-state index contributed by atoms with van der Waals surface area (Å²) in [5.74, 6) is -0.171. The summed E-state index contributed by atoms with van der Waals surface area (Å²) in [6.07, 6.45) is 1.24. The van der Waals surface area contributed by atoms with E-state index < -0.39 is 5.91 Å². The van der Waals surface area contributed by atoms with Gasteiger partial charge in [-0.3, -0.25) is 4.79 Å². The third kappa shape index (κ3) is 3.40. The monoisotopic (exact) mass is 340 g/mol. The first-order chi connectivity index (χ1) is 9.92. The third-order valence-corrected chi connectivity index (χ3v) is 3.37. The summed E-state index contributed by atoms with van der Waals surface area (Å²) in [6.45, 7) is 0. The maximum Gasteiger partial charge on any atom is 0.259 e. The number of carbonyl (C=O) groups is 1. The number of amides is 1. The van der Waals surface area contributed by atoms with Crippen molar-refractivity contribution in [2.24, 2.45) is 5.73 Å². The number of nitriles is 1. The summed E-state index contributed by atoms with van der Waals surface area (Å²) < 4.78 is 5.51. The molecule has 0 radical (unpaired) electrons. The van der Waals surface area contributed by atoms with E-state index in [1.54, 1.807) is 18.2 Å². The lowest BCUT2D eigenvalue weighted by Crippen LogP contribution is -2.12. The largest absolute Gasteiger partial charge is 0.457 e. The molecule has 0 bridgehead atoms. The molecule has 1 aromatic carbocycles. The van der Waals surface area contributed by atoms with Crippen LogP contribution in [0.3, 0.4) is 0 Å². The molecular weight excluding hydrogens is 335 g/mol. The van der Waals surface area contributed by atoms with Crippen LogP contribution in [0, 0.1) is 11.3 Å². The second-order valence-electron chi connectivity index (χ2n) is 3.98. The fourth-order valence-corrected chi connectivity index (χ4v) is 2.65. The molecule has 7 heteroatoms. The van der Waals surface area contributed by atoms with E-state index in [0.717, 1.165) is 0 Å². The van der Waals surface area contributed by atoms with Crippen molar-refractivity contribution < 1.29 is 9.21 Å². The maximum atomic E-state index is 11.0. The maximum absolute atomic E-state index is 11.0. The molecule has 2 aromatic rings. The van der Waals surface area contributed by atoms with Crippen molar-refractivity contribution in [2.45, 2.75) is 0 Å². The first-order valence-electron chi connectivity index (χ1n) is 5.58. The van der Waals surface area contributed by atoms with E-state index in [1.807, 2.05) is 0 Å². The van der Waals surface area contributed by atoms with Gasteiger partial charge in [0.15, 0.2) is 0 Å². The molecule has 21 heavy (non-hydrogen) atoms. The number of hydrogen-bond acceptors (Lipinski definition) is 3. The van der Waals surface area contributed by atoms with Crippen LogP contribution in [0.1, 0.15) is 5.76 Å². The van der Waals surface area contributed by atoms with Gasteiger partial charge in [0.05, 0.1) is 15.6 Å². The number of carbonyl (C=O) groups excluding carboxylic acids is 1. The number of primary amides is 1. The SMILES string of the molecule is N#C/C(=C\c1ccc(-c2c(Cl)cc(Cl)cc2Cl)o1)C(N)=O. The van der Waals surface area contributed by atoms with Crippen LogP contribution in [0.25, 0.3) is 17.4 Å². The third-order valence-electron chi connectivity index (χ3n) is 2.55. The minimum atomic E-state index is -0.835. The molecule has 1 heterocycles. The molecule has 2 N–H and O–H groups in total. The highest BCUT2D eigenvalue weighted by atomic mass is 35.5. The van der Waals surface area contributed by atoms with Crippen molar-refractivity contribution in [1.82, 2.24) is 0 Å². The van der Waals surface area contributed by atoms with Crippen molar-refractivity contribution in [3.63, 3.8) is 0 Å². The first kappa shape index (κ1) is 15.5. The Morgan fingerprint density at radius 2 is 1.86 bits per heavy atom. The molecule has 2 rings (SSSR count). The Bertz CT molecular complexity index is 765. The Kier molecular flexibility index (Phi) is 4.59. The minimum Gasteiger partial charge on any atom is -0.457 e. The van der Waals surface area contributed by atoms with Gasteiger partial charge in [0.25, 0.3) is 5.91 Å². The smallest absolute Gasteiger partial charge is 0.259 e. The normalized spacial score (nSPS) is 11.2. The van der Waals surface area contributed by atoms with Crippen LogP contribution in [0.15, 0.2) is 34.3 Å². The van der Waals surface area contributed by atoms with Gasteiger partial charge in [0.2, 0.25) is 0 Å². The van der Waals surface area contributed by atoms with Crippen molar-refractivity contribution in [3.05, 3.63) is 50.7 Å². The van der Waals surface area contributed by atoms with Crippen LogP contribution < -0.4 is 5.73 Å². The van der Waals surface area contributed by atoms with Crippen LogP contribution in [-0.2, 0) is 4.79 Å². The van der Waals surface area contributed by atoms with Gasteiger partial charge in [-0.25, -0.2) is 0 Å². The molecule has 0 spiro atoms. The number of hydrogen-bond donors (Lipinski definition) is 1. The molecule has 0 saturated heterocycles. The van der Waals surface area contributed by atoms with E-state index in [4.69, 9.17) is 50.2 Å². The van der Waals surface area contributed by atoms with Crippen LogP contribution in [-0.4, -0.2) is 5.91 Å². The van der Waals surface area contributed by atoms with Gasteiger partial charge in [-0.1, -0.05) is 34.8 Å². The second-order valence-corrected chi connectivity index (χ2v) is 5.23. The van der Waals surface area contributed by atoms with Gasteiger partial charge >= 0.3 is 0 Å². The molecule has 0 unspecified atom stereocenters. The van der Waals surface area contributed by atoms with Gasteiger partial charge in [0, 0.05) is 11.1 Å². The van der Waals surface area contributed by atoms with Crippen LogP contribution in [0.2, 0.25) is 15.1 Å². The number of halogens is 3. The zero-order chi connectivity index (χ0) is 15.6. The summed E-state index contributed by atoms with van der Waals surface area (Å²) in [7, 11) is 0. The number of furan rings is 1. The minimum absolute atomic E-state index is 0.218. The van der Waals surface area contributed by atoms with E-state index in [-0.39, 0.29) is 11.3 Å². The molecule has 0 atom stereocenters. The lowest BCUT2D eigenvalue weighted by Gasteiger charge is -2.04. The van der Waals surface area contributed by atoms with Gasteiger partial charge in [0.1, 0.15) is 23.2 Å². The average Bonchev–Trinajstić information content (AvgIpc) is 2.82. The molecule has 0 saturated carbocycles. The molecule has 0 aliphatic rings. The number of nitrogens with two attached hydrogens (primary N) is 1. The number of benzene rings is 1. The van der Waals surface area contributed by atoms with Gasteiger partial charge in [-0.2, -0.15) is 5.26 Å². The first-order valence-corrected chi connectivity index (χ1v) is 6.72. The molecule has 0 fully saturated rings. The number of rotatable bonds is 3. The Morgan fingerprint density at radius 3 is 2.38 bits per heavy atom. The lowest BCUT2D eigenvalue weighted by molar-refractivity contribution is -0.114. The summed E-state index contributed by atoms with van der Waals surface area (Å²) in [4.78, 5) is 11.0. The molecule has 0 aliphatic heterocycles. The van der Waals surface area contributed by atoms with Gasteiger partial charge in [-0.05, 0) is 24.3 Å². The highest BCUT2D eigenvalue weighted by Crippen LogP contribution is 2.38. The lowest BCUT2D eigenvalue weighted by atomic mass is 10.2. The average molecular weight is 342 g/mol. The topological polar surface area (TPSA) is 80.0 Å². The van der Waals surface area contributed by atoms with E-state index >= 15 is 0 Å². The summed E-state index contributed by atoms with van der Waals surface area (Å²) in [6, 6.07) is 7.93. The molecule has 106 valence electrons. The molecular formula is C14H7Cl3N2O2. The quantitative estimate of drug-likeness (QED) is 0.667. The van der Waals surface area contributed by atoms with E-state index in [2.05, 4.69) is 0 Å². The van der Waals surface area contributed by atoms with Crippen molar-refractivity contribution in [3.8, 4) is 17.4 Å². The van der Waals surface area contributed by atoms with Crippen molar-refractivity contribution >= 4 is 46.8 Å². The van der Waals surface area contributed by atoms with Gasteiger partial charge < -0.3 is 10.2 Å². The Labute approximate surface area is 135 Å². The Hall–Kier alpha value is -1.93. The summed E-state index contributed by atoms with van der Waals surface area (Å²) >= 11 is 18.0. The van der Waals surface area contributed by atoms with Crippen molar-refractivity contribution in [1.29, 1.82) is 5.26 Å². The zero-order valence-electron chi connectivity index (χ0n) is 10.4. The summed E-state index contributed by atoms with van der Waals surface area (Å²) in [5, 5.41) is 9.84. The second kappa shape index (κ2) is 6.23. The van der Waals surface area contributed by atoms with E-state index in [1.165, 1.54) is 18.2 Å². The van der Waals surface area contributed by atoms with Crippen LogP contribution in [0.5, 0.6) is 0 Å². The van der Waals surface area contributed by atoms with Crippen LogP contribution >= 0.6 is 34.8 Å². The number of nitrogens with zero attached hydrogens (tertiary/aromatic N) is 1. The summed E-state index contributed by atoms with van der Waals surface area (Å²) in [5.41, 5.74) is 5.30. The molecule has 0 aliphatic carbocycles. The zero-order valence-corrected chi connectivity index (χ0v) is 12.6. The van der Waals surface area contributed by atoms with Crippen molar-refractivity contribution in [2.75, 3.05) is 0 Å².